The van der Waals surface area contributed by atoms with E-state index in [1.807, 2.05) is 0 Å². The Kier molecular flexibility index (Phi) is 8.88. The molecule has 0 radical (unpaired) electrons. The van der Waals surface area contributed by atoms with Gasteiger partial charge in [0.15, 0.2) is 0 Å². The summed E-state index contributed by atoms with van der Waals surface area (Å²) in [5, 5.41) is 0. The third-order valence-corrected chi connectivity index (χ3v) is 1.71. The average molecular weight is 196 g/mol. The molecule has 0 spiro atoms. The first-order valence-electron chi connectivity index (χ1n) is 4.84. The minimum atomic E-state index is -0.202. The average Bonchev–Trinajstić information content (AvgIpc) is 2.18. The highest BCUT2D eigenvalue weighted by Gasteiger charge is 2.01. The molecule has 0 aromatic carbocycles. The van der Waals surface area contributed by atoms with E-state index in [1.54, 1.807) is 0 Å². The first kappa shape index (κ1) is 12.7. The van der Waals surface area contributed by atoms with Crippen LogP contribution in [0.3, 0.4) is 0 Å². The van der Waals surface area contributed by atoms with E-state index in [0.717, 1.165) is 25.5 Å². The van der Waals surface area contributed by atoms with Gasteiger partial charge in [-0.1, -0.05) is 6.42 Å². The molecule has 0 atom stereocenters. The maximum atomic E-state index is 11.0. The summed E-state index contributed by atoms with van der Waals surface area (Å²) in [6.07, 6.45) is 9.87. The van der Waals surface area contributed by atoms with Gasteiger partial charge in [-0.15, -0.1) is 12.3 Å². The van der Waals surface area contributed by atoms with Crippen molar-refractivity contribution >= 4 is 12.3 Å². The molecule has 3 nitrogen and oxygen atoms in total. The van der Waals surface area contributed by atoms with E-state index < -0.39 is 0 Å². The summed E-state index contributed by atoms with van der Waals surface area (Å²) in [6.45, 7) is 0.309. The lowest BCUT2D eigenvalue weighted by molar-refractivity contribution is -0.143. The highest BCUT2D eigenvalue weighted by Crippen LogP contribution is 2.02. The van der Waals surface area contributed by atoms with Crippen LogP contribution in [0.1, 0.15) is 38.5 Å². The summed E-state index contributed by atoms with van der Waals surface area (Å²) in [6, 6.07) is 0. The lowest BCUT2D eigenvalue weighted by Crippen LogP contribution is -2.04. The third-order valence-electron chi connectivity index (χ3n) is 1.71. The number of ether oxygens (including phenoxy) is 1. The molecule has 0 aromatic rings. The van der Waals surface area contributed by atoms with Gasteiger partial charge in [-0.3, -0.25) is 4.79 Å². The van der Waals surface area contributed by atoms with E-state index in [9.17, 15) is 9.59 Å². The van der Waals surface area contributed by atoms with Gasteiger partial charge >= 0.3 is 5.97 Å². The Hall–Kier alpha value is -1.30. The molecule has 0 N–H and O–H groups in total. The summed E-state index contributed by atoms with van der Waals surface area (Å²) in [5.41, 5.74) is 0. The first-order valence-corrected chi connectivity index (χ1v) is 4.84. The molecule has 0 heterocycles. The van der Waals surface area contributed by atoms with Crippen molar-refractivity contribution in [3.63, 3.8) is 0 Å². The number of terminal acetylenes is 1. The number of aldehydes is 1. The van der Waals surface area contributed by atoms with Crippen molar-refractivity contribution in [1.82, 2.24) is 0 Å². The number of rotatable bonds is 8. The van der Waals surface area contributed by atoms with Crippen LogP contribution >= 0.6 is 0 Å². The van der Waals surface area contributed by atoms with Crippen LogP contribution in [0, 0.1) is 12.3 Å². The number of unbranched alkanes of at least 4 members (excludes halogenated alkanes) is 3. The molecule has 0 fully saturated rings. The molecule has 0 aliphatic carbocycles. The second kappa shape index (κ2) is 9.79. The van der Waals surface area contributed by atoms with Crippen LogP contribution < -0.4 is 0 Å². The Morgan fingerprint density at radius 1 is 1.36 bits per heavy atom. The van der Waals surface area contributed by atoms with Gasteiger partial charge in [0, 0.05) is 19.3 Å². The molecule has 0 aliphatic heterocycles. The van der Waals surface area contributed by atoms with Crippen LogP contribution in [0.15, 0.2) is 0 Å². The quantitative estimate of drug-likeness (QED) is 0.257. The van der Waals surface area contributed by atoms with Crippen LogP contribution in [0.5, 0.6) is 0 Å². The van der Waals surface area contributed by atoms with Gasteiger partial charge in [0.1, 0.15) is 12.9 Å². The second-order valence-electron chi connectivity index (χ2n) is 2.94. The number of hydrogen-bond donors (Lipinski definition) is 0. The topological polar surface area (TPSA) is 43.4 Å². The van der Waals surface area contributed by atoms with Crippen molar-refractivity contribution in [2.24, 2.45) is 0 Å². The minimum Gasteiger partial charge on any atom is -0.465 e. The minimum absolute atomic E-state index is 0.202. The maximum absolute atomic E-state index is 11.0. The summed E-state index contributed by atoms with van der Waals surface area (Å²) >= 11 is 0. The van der Waals surface area contributed by atoms with Gasteiger partial charge in [0.25, 0.3) is 0 Å². The fourth-order valence-corrected chi connectivity index (χ4v) is 0.970. The monoisotopic (exact) mass is 196 g/mol. The zero-order valence-corrected chi connectivity index (χ0v) is 8.33. The van der Waals surface area contributed by atoms with Crippen molar-refractivity contribution < 1.29 is 14.3 Å². The van der Waals surface area contributed by atoms with Crippen LogP contribution in [-0.4, -0.2) is 18.9 Å². The number of carbonyl (C=O) groups excluding carboxylic acids is 2. The lowest BCUT2D eigenvalue weighted by atomic mass is 10.1. The normalized spacial score (nSPS) is 9.07. The Balaban J connectivity index is 3.19. The zero-order valence-electron chi connectivity index (χ0n) is 8.33. The van der Waals surface area contributed by atoms with Crippen molar-refractivity contribution in [3.05, 3.63) is 0 Å². The van der Waals surface area contributed by atoms with E-state index in [-0.39, 0.29) is 5.97 Å². The zero-order chi connectivity index (χ0) is 10.6. The predicted molar refractivity (Wildman–Crippen MR) is 53.6 cm³/mol. The Morgan fingerprint density at radius 3 is 2.79 bits per heavy atom. The Bertz CT molecular complexity index is 203. The van der Waals surface area contributed by atoms with E-state index in [2.05, 4.69) is 5.92 Å². The summed E-state index contributed by atoms with van der Waals surface area (Å²) in [5.74, 6) is 2.19. The van der Waals surface area contributed by atoms with Crippen LogP contribution in [0.2, 0.25) is 0 Å². The highest BCUT2D eigenvalue weighted by atomic mass is 16.5. The van der Waals surface area contributed by atoms with Crippen molar-refractivity contribution in [1.29, 1.82) is 0 Å². The van der Waals surface area contributed by atoms with Gasteiger partial charge in [0.05, 0.1) is 0 Å². The van der Waals surface area contributed by atoms with E-state index in [1.165, 1.54) is 0 Å². The summed E-state index contributed by atoms with van der Waals surface area (Å²) in [4.78, 5) is 21.0. The van der Waals surface area contributed by atoms with E-state index in [4.69, 9.17) is 11.2 Å². The highest BCUT2D eigenvalue weighted by molar-refractivity contribution is 5.69. The van der Waals surface area contributed by atoms with Crippen LogP contribution in [0.4, 0.5) is 0 Å². The lowest BCUT2D eigenvalue weighted by Gasteiger charge is -2.01. The van der Waals surface area contributed by atoms with E-state index in [0.29, 0.717) is 25.9 Å². The van der Waals surface area contributed by atoms with Gasteiger partial charge < -0.3 is 9.53 Å². The smallest absolute Gasteiger partial charge is 0.305 e. The molecule has 3 heteroatoms. The SMILES string of the molecule is C#CCCOC(=O)CCCCCC=O. The molecular formula is C11H16O3. The van der Waals surface area contributed by atoms with Crippen molar-refractivity contribution in [2.45, 2.75) is 38.5 Å². The standard InChI is InChI=1S/C11H16O3/c1-2-3-10-14-11(13)8-6-4-5-7-9-12/h1,9H,3-8,10H2. The fraction of sp³-hybridized carbons (Fsp3) is 0.636. The maximum Gasteiger partial charge on any atom is 0.305 e. The molecule has 0 aromatic heterocycles. The third kappa shape index (κ3) is 8.79. The second-order valence-corrected chi connectivity index (χ2v) is 2.94. The largest absolute Gasteiger partial charge is 0.465 e. The number of esters is 1. The van der Waals surface area contributed by atoms with Gasteiger partial charge in [-0.25, -0.2) is 0 Å². The van der Waals surface area contributed by atoms with Crippen molar-refractivity contribution in [2.75, 3.05) is 6.61 Å². The number of carbonyl (C=O) groups is 2. The molecule has 78 valence electrons. The Morgan fingerprint density at radius 2 is 2.14 bits per heavy atom. The molecule has 0 amide bonds. The summed E-state index contributed by atoms with van der Waals surface area (Å²) in [7, 11) is 0. The molecule has 0 rings (SSSR count). The predicted octanol–water partition coefficient (Wildman–Crippen LogP) is 1.70. The van der Waals surface area contributed by atoms with Gasteiger partial charge in [0.2, 0.25) is 0 Å². The van der Waals surface area contributed by atoms with Crippen molar-refractivity contribution in [3.8, 4) is 12.3 Å². The van der Waals surface area contributed by atoms with Crippen LogP contribution in [0.25, 0.3) is 0 Å². The molecule has 0 saturated carbocycles. The number of hydrogen-bond acceptors (Lipinski definition) is 3. The van der Waals surface area contributed by atoms with Crippen LogP contribution in [-0.2, 0) is 14.3 Å². The molecule has 0 aliphatic rings. The molecule has 0 unspecified atom stereocenters. The molecular weight excluding hydrogens is 180 g/mol. The molecule has 0 bridgehead atoms. The van der Waals surface area contributed by atoms with Gasteiger partial charge in [-0.2, -0.15) is 0 Å². The van der Waals surface area contributed by atoms with Gasteiger partial charge in [-0.05, 0) is 12.8 Å². The first-order chi connectivity index (χ1) is 6.81. The Labute approximate surface area is 84.8 Å². The van der Waals surface area contributed by atoms with E-state index >= 15 is 0 Å². The summed E-state index contributed by atoms with van der Waals surface area (Å²) < 4.78 is 4.84. The fourth-order valence-electron chi connectivity index (χ4n) is 0.970. The molecule has 0 saturated heterocycles. The molecule has 14 heavy (non-hydrogen) atoms.